The molecular weight excluding hydrogens is 364 g/mol. The Kier molecular flexibility index (Phi) is 5.65. The summed E-state index contributed by atoms with van der Waals surface area (Å²) in [6.45, 7) is 6.04. The van der Waals surface area contributed by atoms with Gasteiger partial charge in [-0.2, -0.15) is 0 Å². The third-order valence-corrected chi connectivity index (χ3v) is 5.77. The van der Waals surface area contributed by atoms with Gasteiger partial charge in [-0.25, -0.2) is 0 Å². The highest BCUT2D eigenvalue weighted by Gasteiger charge is 2.29. The van der Waals surface area contributed by atoms with Gasteiger partial charge in [0.15, 0.2) is 0 Å². The number of nitrogens with zero attached hydrogens (tertiary/aromatic N) is 2. The number of para-hydroxylation sites is 1. The molecule has 29 heavy (non-hydrogen) atoms. The molecule has 152 valence electrons. The number of ether oxygens (including phenoxy) is 1. The fourth-order valence-corrected chi connectivity index (χ4v) is 4.27. The van der Waals surface area contributed by atoms with E-state index in [0.717, 1.165) is 36.3 Å². The summed E-state index contributed by atoms with van der Waals surface area (Å²) >= 11 is 0. The van der Waals surface area contributed by atoms with Crippen molar-refractivity contribution in [2.24, 2.45) is 11.8 Å². The van der Waals surface area contributed by atoms with Gasteiger partial charge in [-0.15, -0.1) is 0 Å². The Hall–Kier alpha value is -2.69. The molecule has 0 saturated carbocycles. The van der Waals surface area contributed by atoms with E-state index in [9.17, 15) is 9.59 Å². The molecule has 1 fully saturated rings. The Balaban J connectivity index is 1.47. The quantitative estimate of drug-likeness (QED) is 0.767. The van der Waals surface area contributed by atoms with Gasteiger partial charge in [-0.05, 0) is 42.5 Å². The molecule has 1 atom stereocenters. The molecule has 1 aromatic heterocycles. The minimum absolute atomic E-state index is 0.0358. The molecule has 3 heterocycles. The maximum Gasteiger partial charge on any atom is 0.255 e. The molecule has 2 aliphatic rings. The maximum atomic E-state index is 13.0. The second-order valence-corrected chi connectivity index (χ2v) is 8.48. The number of ketones is 1. The Morgan fingerprint density at radius 1 is 1.24 bits per heavy atom. The van der Waals surface area contributed by atoms with Crippen molar-refractivity contribution >= 4 is 11.7 Å². The van der Waals surface area contributed by atoms with Gasteiger partial charge in [0, 0.05) is 43.6 Å². The lowest BCUT2D eigenvalue weighted by Crippen LogP contribution is -2.42. The first-order chi connectivity index (χ1) is 14.0. The number of carbonyl (C=O) groups is 2. The van der Waals surface area contributed by atoms with Gasteiger partial charge in [-0.1, -0.05) is 26.0 Å². The fraction of sp³-hybridized carbons (Fsp3) is 0.458. The topological polar surface area (TPSA) is 59.5 Å². The van der Waals surface area contributed by atoms with Crippen LogP contribution in [0.1, 0.15) is 49.0 Å². The van der Waals surface area contributed by atoms with Crippen LogP contribution in [-0.4, -0.2) is 41.3 Å². The minimum Gasteiger partial charge on any atom is -0.492 e. The summed E-state index contributed by atoms with van der Waals surface area (Å²) in [5.74, 6) is 1.46. The summed E-state index contributed by atoms with van der Waals surface area (Å²) in [6, 6.07) is 9.82. The van der Waals surface area contributed by atoms with Crippen LogP contribution >= 0.6 is 0 Å². The zero-order valence-corrected chi connectivity index (χ0v) is 17.2. The standard InChI is InChI=1S/C24H28N2O3/c1-16(2)13-22(27)19-6-4-11-26(15-19)24(28)18-8-9-21(25-14-18)20-7-3-5-17-10-12-29-23(17)20/h3,5,7-9,14,16,19H,4,6,10-13,15H2,1-2H3. The first kappa shape index (κ1) is 19.6. The first-order valence-corrected chi connectivity index (χ1v) is 10.6. The van der Waals surface area contributed by atoms with Crippen LogP contribution in [0.2, 0.25) is 0 Å². The van der Waals surface area contributed by atoms with Crippen LogP contribution < -0.4 is 4.74 Å². The number of rotatable bonds is 5. The Morgan fingerprint density at radius 2 is 2.10 bits per heavy atom. The average Bonchev–Trinajstić information content (AvgIpc) is 3.22. The molecule has 1 saturated heterocycles. The number of likely N-dealkylation sites (tertiary alicyclic amines) is 1. The van der Waals surface area contributed by atoms with Gasteiger partial charge < -0.3 is 9.64 Å². The number of hydrogen-bond donors (Lipinski definition) is 0. The van der Waals surface area contributed by atoms with Crippen LogP contribution in [0.5, 0.6) is 5.75 Å². The molecule has 0 radical (unpaired) electrons. The Labute approximate surface area is 172 Å². The average molecular weight is 392 g/mol. The smallest absolute Gasteiger partial charge is 0.255 e. The number of carbonyl (C=O) groups excluding carboxylic acids is 2. The fourth-order valence-electron chi connectivity index (χ4n) is 4.27. The number of hydrogen-bond acceptors (Lipinski definition) is 4. The van der Waals surface area contributed by atoms with Crippen molar-refractivity contribution in [3.8, 4) is 17.0 Å². The van der Waals surface area contributed by atoms with Gasteiger partial charge in [0.1, 0.15) is 11.5 Å². The second-order valence-electron chi connectivity index (χ2n) is 8.48. The zero-order valence-electron chi connectivity index (χ0n) is 17.2. The van der Waals surface area contributed by atoms with Gasteiger partial charge >= 0.3 is 0 Å². The first-order valence-electron chi connectivity index (χ1n) is 10.6. The van der Waals surface area contributed by atoms with E-state index in [-0.39, 0.29) is 17.6 Å². The summed E-state index contributed by atoms with van der Waals surface area (Å²) in [5.41, 5.74) is 3.55. The van der Waals surface area contributed by atoms with Crippen LogP contribution in [0.15, 0.2) is 36.5 Å². The molecule has 4 rings (SSSR count). The van der Waals surface area contributed by atoms with Crippen LogP contribution in [0.25, 0.3) is 11.3 Å². The lowest BCUT2D eigenvalue weighted by atomic mass is 9.89. The highest BCUT2D eigenvalue weighted by Crippen LogP contribution is 2.35. The molecule has 1 unspecified atom stereocenters. The summed E-state index contributed by atoms with van der Waals surface area (Å²) < 4.78 is 5.77. The van der Waals surface area contributed by atoms with Crippen molar-refractivity contribution in [1.29, 1.82) is 0 Å². The van der Waals surface area contributed by atoms with E-state index in [2.05, 4.69) is 24.9 Å². The van der Waals surface area contributed by atoms with Gasteiger partial charge in [0.25, 0.3) is 5.91 Å². The predicted octanol–water partition coefficient (Wildman–Crippen LogP) is 4.15. The molecule has 0 spiro atoms. The minimum atomic E-state index is -0.0411. The number of pyridine rings is 1. The lowest BCUT2D eigenvalue weighted by Gasteiger charge is -2.32. The highest BCUT2D eigenvalue weighted by molar-refractivity contribution is 5.95. The van der Waals surface area contributed by atoms with E-state index >= 15 is 0 Å². The number of aromatic nitrogens is 1. The van der Waals surface area contributed by atoms with Crippen molar-refractivity contribution in [2.75, 3.05) is 19.7 Å². The maximum absolute atomic E-state index is 13.0. The number of benzene rings is 1. The molecule has 0 aliphatic carbocycles. The summed E-state index contributed by atoms with van der Waals surface area (Å²) in [4.78, 5) is 31.8. The van der Waals surface area contributed by atoms with E-state index in [4.69, 9.17) is 4.74 Å². The highest BCUT2D eigenvalue weighted by atomic mass is 16.5. The molecule has 5 heteroatoms. The zero-order chi connectivity index (χ0) is 20.4. The van der Waals surface area contributed by atoms with Crippen LogP contribution in [-0.2, 0) is 11.2 Å². The van der Waals surface area contributed by atoms with Crippen molar-refractivity contribution in [3.63, 3.8) is 0 Å². The van der Waals surface area contributed by atoms with Crippen molar-refractivity contribution in [3.05, 3.63) is 47.7 Å². The molecule has 1 amide bonds. The molecule has 5 nitrogen and oxygen atoms in total. The van der Waals surface area contributed by atoms with E-state index in [0.29, 0.717) is 37.6 Å². The van der Waals surface area contributed by atoms with Crippen molar-refractivity contribution in [1.82, 2.24) is 9.88 Å². The molecule has 2 aromatic rings. The van der Waals surface area contributed by atoms with Gasteiger partial charge in [-0.3, -0.25) is 14.6 Å². The van der Waals surface area contributed by atoms with Gasteiger partial charge in [0.05, 0.1) is 17.9 Å². The predicted molar refractivity (Wildman–Crippen MR) is 112 cm³/mol. The monoisotopic (exact) mass is 392 g/mol. The van der Waals surface area contributed by atoms with Gasteiger partial charge in [0.2, 0.25) is 0 Å². The van der Waals surface area contributed by atoms with E-state index in [1.807, 2.05) is 29.2 Å². The summed E-state index contributed by atoms with van der Waals surface area (Å²) in [5, 5.41) is 0. The largest absolute Gasteiger partial charge is 0.492 e. The van der Waals surface area contributed by atoms with E-state index < -0.39 is 0 Å². The van der Waals surface area contributed by atoms with Crippen molar-refractivity contribution < 1.29 is 14.3 Å². The number of Topliss-reactive ketones (excluding diaryl/α,β-unsaturated/α-hetero) is 1. The number of fused-ring (bicyclic) bond motifs is 1. The summed E-state index contributed by atoms with van der Waals surface area (Å²) in [6.07, 6.45) is 4.91. The Bertz CT molecular complexity index is 905. The molecular formula is C24H28N2O3. The van der Waals surface area contributed by atoms with E-state index in [1.54, 1.807) is 6.20 Å². The SMILES string of the molecule is CC(C)CC(=O)C1CCCN(C(=O)c2ccc(-c3cccc4c3OCC4)nc2)C1. The Morgan fingerprint density at radius 3 is 2.86 bits per heavy atom. The van der Waals surface area contributed by atoms with Crippen LogP contribution in [0.3, 0.4) is 0 Å². The second kappa shape index (κ2) is 8.36. The number of piperidine rings is 1. The number of amides is 1. The normalized spacial score (nSPS) is 18.4. The third kappa shape index (κ3) is 4.19. The van der Waals surface area contributed by atoms with Crippen molar-refractivity contribution in [2.45, 2.75) is 39.5 Å². The van der Waals surface area contributed by atoms with E-state index in [1.165, 1.54) is 5.56 Å². The van der Waals surface area contributed by atoms with Crippen LogP contribution in [0.4, 0.5) is 0 Å². The van der Waals surface area contributed by atoms with Crippen LogP contribution in [0, 0.1) is 11.8 Å². The third-order valence-electron chi connectivity index (χ3n) is 5.77. The molecule has 2 aliphatic heterocycles. The molecule has 0 N–H and O–H groups in total. The lowest BCUT2D eigenvalue weighted by molar-refractivity contribution is -0.124. The summed E-state index contributed by atoms with van der Waals surface area (Å²) in [7, 11) is 0. The molecule has 1 aromatic carbocycles. The molecule has 0 bridgehead atoms.